The van der Waals surface area contributed by atoms with Crippen molar-refractivity contribution in [3.63, 3.8) is 0 Å². The Hall–Kier alpha value is -1.14. The Morgan fingerprint density at radius 2 is 2.10 bits per heavy atom. The minimum Gasteiger partial charge on any atom is -0.381 e. The zero-order chi connectivity index (χ0) is 14.8. The molecular weight excluding hydrogens is 327 g/mol. The maximum Gasteiger partial charge on any atom is 0.319 e. The molecule has 6 heteroatoms. The van der Waals surface area contributed by atoms with E-state index in [0.717, 1.165) is 25.9 Å². The summed E-state index contributed by atoms with van der Waals surface area (Å²) in [5.74, 6) is -0.355. The molecule has 4 nitrogen and oxygen atoms in total. The number of anilines is 1. The van der Waals surface area contributed by atoms with Gasteiger partial charge in [-0.25, -0.2) is 9.18 Å². The van der Waals surface area contributed by atoms with Crippen LogP contribution in [0.25, 0.3) is 0 Å². The normalized spacial score (nSPS) is 10.3. The Labute approximate surface area is 127 Å². The Kier molecular flexibility index (Phi) is 8.22. The molecule has 0 saturated carbocycles. The third kappa shape index (κ3) is 6.86. The molecule has 2 amide bonds. The molecule has 1 aromatic rings. The molecule has 0 unspecified atom stereocenters. The molecule has 0 aromatic heterocycles. The molecule has 20 heavy (non-hydrogen) atoms. The highest BCUT2D eigenvalue weighted by molar-refractivity contribution is 9.10. The molecule has 0 heterocycles. The fraction of sp³-hybridized carbons (Fsp3) is 0.500. The van der Waals surface area contributed by atoms with Crippen LogP contribution in [-0.4, -0.2) is 25.8 Å². The summed E-state index contributed by atoms with van der Waals surface area (Å²) in [6.07, 6.45) is 2.95. The van der Waals surface area contributed by atoms with Gasteiger partial charge in [0.05, 0.1) is 5.69 Å². The SMILES string of the molecule is CCCCOCCCNC(=O)Nc1ccc(F)cc1Br. The lowest BCUT2D eigenvalue weighted by molar-refractivity contribution is 0.129. The van der Waals surface area contributed by atoms with Crippen molar-refractivity contribution in [3.05, 3.63) is 28.5 Å². The van der Waals surface area contributed by atoms with Crippen LogP contribution in [0, 0.1) is 5.82 Å². The van der Waals surface area contributed by atoms with Crippen molar-refractivity contribution in [1.29, 1.82) is 0 Å². The minimum absolute atomic E-state index is 0.314. The monoisotopic (exact) mass is 346 g/mol. The molecule has 0 aliphatic heterocycles. The van der Waals surface area contributed by atoms with Crippen LogP contribution in [0.1, 0.15) is 26.2 Å². The summed E-state index contributed by atoms with van der Waals surface area (Å²) < 4.78 is 18.8. The van der Waals surface area contributed by atoms with Crippen LogP contribution in [0.4, 0.5) is 14.9 Å². The van der Waals surface area contributed by atoms with Crippen LogP contribution in [-0.2, 0) is 4.74 Å². The van der Waals surface area contributed by atoms with Crippen LogP contribution >= 0.6 is 15.9 Å². The maximum atomic E-state index is 12.9. The van der Waals surface area contributed by atoms with Crippen molar-refractivity contribution in [2.75, 3.05) is 25.1 Å². The van der Waals surface area contributed by atoms with Gasteiger partial charge >= 0.3 is 6.03 Å². The topological polar surface area (TPSA) is 50.4 Å². The number of carbonyl (C=O) groups excluding carboxylic acids is 1. The van der Waals surface area contributed by atoms with E-state index < -0.39 is 0 Å². The van der Waals surface area contributed by atoms with Gasteiger partial charge in [-0.3, -0.25) is 0 Å². The van der Waals surface area contributed by atoms with E-state index in [1.807, 2.05) is 0 Å². The molecule has 112 valence electrons. The molecule has 1 aromatic carbocycles. The summed E-state index contributed by atoms with van der Waals surface area (Å²) in [6, 6.07) is 3.79. The number of hydrogen-bond donors (Lipinski definition) is 2. The van der Waals surface area contributed by atoms with E-state index in [1.54, 1.807) is 0 Å². The van der Waals surface area contributed by atoms with Gasteiger partial charge in [0, 0.05) is 24.2 Å². The van der Waals surface area contributed by atoms with Gasteiger partial charge in [0.2, 0.25) is 0 Å². The van der Waals surface area contributed by atoms with Crippen molar-refractivity contribution in [2.45, 2.75) is 26.2 Å². The summed E-state index contributed by atoms with van der Waals surface area (Å²) in [4.78, 5) is 11.6. The predicted molar refractivity (Wildman–Crippen MR) is 81.5 cm³/mol. The molecule has 0 radical (unpaired) electrons. The van der Waals surface area contributed by atoms with Crippen molar-refractivity contribution in [1.82, 2.24) is 5.32 Å². The number of amides is 2. The smallest absolute Gasteiger partial charge is 0.319 e. The van der Waals surface area contributed by atoms with Crippen molar-refractivity contribution >= 4 is 27.6 Å². The van der Waals surface area contributed by atoms with E-state index in [1.165, 1.54) is 18.2 Å². The number of urea groups is 1. The zero-order valence-electron chi connectivity index (χ0n) is 11.5. The van der Waals surface area contributed by atoms with Gasteiger partial charge in [0.1, 0.15) is 5.82 Å². The highest BCUT2D eigenvalue weighted by Crippen LogP contribution is 2.22. The molecule has 0 aliphatic carbocycles. The first-order valence-corrected chi connectivity index (χ1v) is 7.50. The van der Waals surface area contributed by atoms with E-state index >= 15 is 0 Å². The van der Waals surface area contributed by atoms with E-state index in [9.17, 15) is 9.18 Å². The lowest BCUT2D eigenvalue weighted by Crippen LogP contribution is -2.30. The standard InChI is InChI=1S/C14H20BrFN2O2/c1-2-3-8-20-9-4-7-17-14(19)18-13-6-5-11(16)10-12(13)15/h5-6,10H,2-4,7-9H2,1H3,(H2,17,18,19). The van der Waals surface area contributed by atoms with Gasteiger partial charge in [0.25, 0.3) is 0 Å². The van der Waals surface area contributed by atoms with Crippen LogP contribution in [0.3, 0.4) is 0 Å². The number of carbonyl (C=O) groups is 1. The van der Waals surface area contributed by atoms with E-state index in [4.69, 9.17) is 4.74 Å². The van der Waals surface area contributed by atoms with Gasteiger partial charge in [-0.15, -0.1) is 0 Å². The second-order valence-corrected chi connectivity index (χ2v) is 5.18. The first-order valence-electron chi connectivity index (χ1n) is 6.71. The Balaban J connectivity index is 2.17. The zero-order valence-corrected chi connectivity index (χ0v) is 13.1. The van der Waals surface area contributed by atoms with Crippen molar-refractivity contribution in [3.8, 4) is 0 Å². The summed E-state index contributed by atoms with van der Waals surface area (Å²) in [6.45, 7) is 4.06. The van der Waals surface area contributed by atoms with Gasteiger partial charge in [-0.1, -0.05) is 13.3 Å². The van der Waals surface area contributed by atoms with Crippen LogP contribution in [0.2, 0.25) is 0 Å². The van der Waals surface area contributed by atoms with E-state index in [0.29, 0.717) is 23.3 Å². The molecule has 0 bridgehead atoms. The lowest BCUT2D eigenvalue weighted by atomic mass is 10.3. The maximum absolute atomic E-state index is 12.9. The fourth-order valence-electron chi connectivity index (χ4n) is 1.48. The average molecular weight is 347 g/mol. The summed E-state index contributed by atoms with van der Waals surface area (Å²) in [7, 11) is 0. The number of ether oxygens (including phenoxy) is 1. The lowest BCUT2D eigenvalue weighted by Gasteiger charge is -2.09. The summed E-state index contributed by atoms with van der Waals surface area (Å²) in [5.41, 5.74) is 0.531. The molecule has 0 saturated heterocycles. The average Bonchev–Trinajstić information content (AvgIpc) is 2.41. The first kappa shape index (κ1) is 16.9. The fourth-order valence-corrected chi connectivity index (χ4v) is 1.93. The number of unbranched alkanes of at least 4 members (excludes halogenated alkanes) is 1. The van der Waals surface area contributed by atoms with Gasteiger partial charge < -0.3 is 15.4 Å². The van der Waals surface area contributed by atoms with E-state index in [2.05, 4.69) is 33.5 Å². The summed E-state index contributed by atoms with van der Waals surface area (Å²) >= 11 is 3.19. The third-order valence-electron chi connectivity index (χ3n) is 2.57. The Morgan fingerprint density at radius 1 is 1.35 bits per heavy atom. The molecular formula is C14H20BrFN2O2. The van der Waals surface area contributed by atoms with Crippen molar-refractivity contribution < 1.29 is 13.9 Å². The molecule has 0 atom stereocenters. The van der Waals surface area contributed by atoms with E-state index in [-0.39, 0.29) is 11.8 Å². The highest BCUT2D eigenvalue weighted by Gasteiger charge is 2.05. The second kappa shape index (κ2) is 9.72. The quantitative estimate of drug-likeness (QED) is 0.701. The second-order valence-electron chi connectivity index (χ2n) is 4.32. The van der Waals surface area contributed by atoms with Crippen LogP contribution in [0.15, 0.2) is 22.7 Å². The minimum atomic E-state index is -0.355. The predicted octanol–water partition coefficient (Wildman–Crippen LogP) is 3.92. The summed E-state index contributed by atoms with van der Waals surface area (Å²) in [5, 5.41) is 5.36. The molecule has 0 fully saturated rings. The van der Waals surface area contributed by atoms with Crippen LogP contribution in [0.5, 0.6) is 0 Å². The Bertz CT molecular complexity index is 430. The third-order valence-corrected chi connectivity index (χ3v) is 3.23. The molecule has 0 aliphatic rings. The number of benzene rings is 1. The largest absolute Gasteiger partial charge is 0.381 e. The molecule has 2 N–H and O–H groups in total. The number of nitrogens with one attached hydrogen (secondary N) is 2. The Morgan fingerprint density at radius 3 is 2.80 bits per heavy atom. The van der Waals surface area contributed by atoms with Gasteiger partial charge in [-0.2, -0.15) is 0 Å². The van der Waals surface area contributed by atoms with Crippen molar-refractivity contribution in [2.24, 2.45) is 0 Å². The number of hydrogen-bond acceptors (Lipinski definition) is 2. The van der Waals surface area contributed by atoms with Crippen LogP contribution < -0.4 is 10.6 Å². The number of halogens is 2. The molecule has 0 spiro atoms. The number of rotatable bonds is 8. The highest BCUT2D eigenvalue weighted by atomic mass is 79.9. The first-order chi connectivity index (χ1) is 9.63. The van der Waals surface area contributed by atoms with Gasteiger partial charge in [0.15, 0.2) is 0 Å². The molecule has 1 rings (SSSR count). The van der Waals surface area contributed by atoms with Gasteiger partial charge in [-0.05, 0) is 47.0 Å².